The van der Waals surface area contributed by atoms with E-state index in [9.17, 15) is 0 Å². The Morgan fingerprint density at radius 3 is 2.75 bits per heavy atom. The van der Waals surface area contributed by atoms with Crippen molar-refractivity contribution in [3.05, 3.63) is 68.8 Å². The lowest BCUT2D eigenvalue weighted by Crippen LogP contribution is -2.31. The van der Waals surface area contributed by atoms with Crippen LogP contribution in [-0.4, -0.2) is 16.7 Å². The third kappa shape index (κ3) is 3.73. The van der Waals surface area contributed by atoms with Gasteiger partial charge in [0.2, 0.25) is 5.96 Å². The van der Waals surface area contributed by atoms with Crippen LogP contribution in [0.25, 0.3) is 10.9 Å². The van der Waals surface area contributed by atoms with Gasteiger partial charge in [-0.05, 0) is 56.0 Å². The molecule has 2 aromatic carbocycles. The van der Waals surface area contributed by atoms with E-state index < -0.39 is 0 Å². The average Bonchev–Trinajstić information content (AvgIpc) is 3.04. The number of hydrogen-bond acceptors (Lipinski definition) is 2. The SMILES string of the molecule is Cc1ccc2[nH]c3c(c2c1)CCC/C3=N/N=C(\N)NCc1c(Cl)cccc1Cl. The summed E-state index contributed by atoms with van der Waals surface area (Å²) in [7, 11) is 0. The van der Waals surface area contributed by atoms with Gasteiger partial charge in [-0.2, -0.15) is 0 Å². The fraction of sp³-hybridized carbons (Fsp3) is 0.238. The molecule has 7 heteroatoms. The summed E-state index contributed by atoms with van der Waals surface area (Å²) >= 11 is 12.4. The van der Waals surface area contributed by atoms with Gasteiger partial charge in [-0.15, -0.1) is 10.2 Å². The first kappa shape index (κ1) is 18.8. The van der Waals surface area contributed by atoms with Crippen LogP contribution in [0.2, 0.25) is 10.0 Å². The molecule has 0 unspecified atom stereocenters. The summed E-state index contributed by atoms with van der Waals surface area (Å²) in [5, 5.41) is 14.1. The number of nitrogens with two attached hydrogens (primary N) is 1. The Kier molecular flexibility index (Phi) is 5.29. The smallest absolute Gasteiger partial charge is 0.214 e. The molecule has 1 heterocycles. The van der Waals surface area contributed by atoms with Crippen molar-refractivity contribution in [2.24, 2.45) is 15.9 Å². The largest absolute Gasteiger partial charge is 0.368 e. The van der Waals surface area contributed by atoms with Gasteiger partial charge in [0.05, 0.1) is 11.4 Å². The summed E-state index contributed by atoms with van der Waals surface area (Å²) in [5.74, 6) is 0.225. The second kappa shape index (κ2) is 7.86. The molecular formula is C21H21Cl2N5. The van der Waals surface area contributed by atoms with Crippen molar-refractivity contribution in [1.29, 1.82) is 0 Å². The fourth-order valence-corrected chi connectivity index (χ4v) is 4.09. The van der Waals surface area contributed by atoms with Gasteiger partial charge in [0.15, 0.2) is 0 Å². The number of nitrogens with zero attached hydrogens (tertiary/aromatic N) is 2. The molecule has 0 fully saturated rings. The molecule has 28 heavy (non-hydrogen) atoms. The molecule has 0 saturated carbocycles. The first-order valence-corrected chi connectivity index (χ1v) is 9.97. The van der Waals surface area contributed by atoms with Crippen LogP contribution in [0.4, 0.5) is 0 Å². The van der Waals surface area contributed by atoms with Crippen molar-refractivity contribution >= 4 is 45.8 Å². The van der Waals surface area contributed by atoms with Crippen LogP contribution in [0, 0.1) is 6.92 Å². The van der Waals surface area contributed by atoms with Gasteiger partial charge in [-0.1, -0.05) is 40.9 Å². The van der Waals surface area contributed by atoms with Gasteiger partial charge >= 0.3 is 0 Å². The Morgan fingerprint density at radius 2 is 1.96 bits per heavy atom. The fourth-order valence-electron chi connectivity index (χ4n) is 3.55. The van der Waals surface area contributed by atoms with Gasteiger partial charge in [0.25, 0.3) is 0 Å². The number of aromatic amines is 1. The highest BCUT2D eigenvalue weighted by Gasteiger charge is 2.20. The van der Waals surface area contributed by atoms with E-state index in [0.29, 0.717) is 16.6 Å². The van der Waals surface area contributed by atoms with E-state index in [-0.39, 0.29) is 5.96 Å². The van der Waals surface area contributed by atoms with Gasteiger partial charge in [-0.3, -0.25) is 0 Å². The quantitative estimate of drug-likeness (QED) is 0.323. The second-order valence-electron chi connectivity index (χ2n) is 6.97. The zero-order valence-electron chi connectivity index (χ0n) is 15.5. The summed E-state index contributed by atoms with van der Waals surface area (Å²) in [6, 6.07) is 11.8. The Labute approximate surface area is 173 Å². The van der Waals surface area contributed by atoms with Crippen molar-refractivity contribution in [2.45, 2.75) is 32.7 Å². The second-order valence-corrected chi connectivity index (χ2v) is 7.78. The summed E-state index contributed by atoms with van der Waals surface area (Å²) in [6.45, 7) is 2.49. The molecule has 1 aromatic heterocycles. The maximum absolute atomic E-state index is 6.18. The minimum atomic E-state index is 0.225. The Morgan fingerprint density at radius 1 is 1.18 bits per heavy atom. The normalized spacial score (nSPS) is 15.8. The highest BCUT2D eigenvalue weighted by molar-refractivity contribution is 6.36. The van der Waals surface area contributed by atoms with Crippen LogP contribution >= 0.6 is 23.2 Å². The number of H-pyrrole nitrogens is 1. The molecule has 1 aliphatic carbocycles. The molecule has 0 saturated heterocycles. The minimum Gasteiger partial charge on any atom is -0.368 e. The number of halogens is 2. The molecule has 0 aliphatic heterocycles. The van der Waals surface area contributed by atoms with Crippen molar-refractivity contribution < 1.29 is 0 Å². The zero-order chi connectivity index (χ0) is 19.7. The molecule has 0 spiro atoms. The van der Waals surface area contributed by atoms with Crippen LogP contribution in [0.3, 0.4) is 0 Å². The number of fused-ring (bicyclic) bond motifs is 3. The zero-order valence-corrected chi connectivity index (χ0v) is 17.0. The first-order chi connectivity index (χ1) is 13.5. The van der Waals surface area contributed by atoms with Gasteiger partial charge in [0.1, 0.15) is 0 Å². The van der Waals surface area contributed by atoms with Crippen molar-refractivity contribution in [3.63, 3.8) is 0 Å². The average molecular weight is 414 g/mol. The lowest BCUT2D eigenvalue weighted by molar-refractivity contribution is 0.834. The van der Waals surface area contributed by atoms with Gasteiger partial charge in [0, 0.05) is 33.1 Å². The van der Waals surface area contributed by atoms with E-state index >= 15 is 0 Å². The third-order valence-corrected chi connectivity index (χ3v) is 5.69. The van der Waals surface area contributed by atoms with Crippen molar-refractivity contribution in [2.75, 3.05) is 0 Å². The van der Waals surface area contributed by atoms with Crippen LogP contribution < -0.4 is 11.1 Å². The van der Waals surface area contributed by atoms with E-state index in [2.05, 4.69) is 45.6 Å². The lowest BCUT2D eigenvalue weighted by Gasteiger charge is -2.13. The Bertz CT molecular complexity index is 1080. The monoisotopic (exact) mass is 413 g/mol. The maximum atomic E-state index is 6.18. The van der Waals surface area contributed by atoms with Crippen molar-refractivity contribution in [3.8, 4) is 0 Å². The van der Waals surface area contributed by atoms with Crippen LogP contribution in [0.5, 0.6) is 0 Å². The number of guanidine groups is 1. The highest BCUT2D eigenvalue weighted by Crippen LogP contribution is 2.30. The van der Waals surface area contributed by atoms with E-state index in [1.807, 2.05) is 0 Å². The van der Waals surface area contributed by atoms with E-state index in [0.717, 1.165) is 41.7 Å². The van der Waals surface area contributed by atoms with E-state index in [1.165, 1.54) is 16.5 Å². The number of benzene rings is 2. The summed E-state index contributed by atoms with van der Waals surface area (Å²) < 4.78 is 0. The Hall–Kier alpha value is -2.50. The molecule has 0 bridgehead atoms. The summed E-state index contributed by atoms with van der Waals surface area (Å²) in [6.07, 6.45) is 2.96. The topological polar surface area (TPSA) is 78.6 Å². The van der Waals surface area contributed by atoms with Crippen LogP contribution in [0.15, 0.2) is 46.6 Å². The number of aryl methyl sites for hydroxylation is 2. The molecule has 1 aliphatic rings. The molecule has 5 nitrogen and oxygen atoms in total. The Balaban J connectivity index is 1.56. The molecule has 3 aromatic rings. The van der Waals surface area contributed by atoms with Crippen LogP contribution in [-0.2, 0) is 13.0 Å². The molecule has 0 amide bonds. The maximum Gasteiger partial charge on any atom is 0.214 e. The number of nitrogens with one attached hydrogen (secondary N) is 2. The van der Waals surface area contributed by atoms with E-state index in [1.54, 1.807) is 18.2 Å². The predicted octanol–water partition coefficient (Wildman–Crippen LogP) is 4.93. The van der Waals surface area contributed by atoms with Gasteiger partial charge in [-0.25, -0.2) is 0 Å². The van der Waals surface area contributed by atoms with Crippen molar-refractivity contribution in [1.82, 2.24) is 10.3 Å². The third-order valence-electron chi connectivity index (χ3n) is 4.98. The predicted molar refractivity (Wildman–Crippen MR) is 117 cm³/mol. The first-order valence-electron chi connectivity index (χ1n) is 9.21. The number of rotatable bonds is 3. The molecule has 0 radical (unpaired) electrons. The summed E-state index contributed by atoms with van der Waals surface area (Å²) in [4.78, 5) is 3.49. The van der Waals surface area contributed by atoms with Gasteiger partial charge < -0.3 is 16.0 Å². The highest BCUT2D eigenvalue weighted by atomic mass is 35.5. The lowest BCUT2D eigenvalue weighted by atomic mass is 9.94. The minimum absolute atomic E-state index is 0.225. The standard InChI is InChI=1S/C21H21Cl2N5/c1-12-8-9-18-14(10-12)13-4-2-7-19(20(13)26-18)27-28-21(24)25-11-15-16(22)5-3-6-17(15)23/h3,5-6,8-10,26H,2,4,7,11H2,1H3,(H3,24,25,28)/b27-19-. The molecule has 4 rings (SSSR count). The molecule has 4 N–H and O–H groups in total. The molecule has 0 atom stereocenters. The van der Waals surface area contributed by atoms with E-state index in [4.69, 9.17) is 28.9 Å². The molecule has 144 valence electrons. The summed E-state index contributed by atoms with van der Waals surface area (Å²) in [5.41, 5.74) is 12.5. The van der Waals surface area contributed by atoms with Crippen LogP contribution in [0.1, 0.15) is 35.2 Å². The number of aromatic nitrogens is 1. The number of hydrogen-bond donors (Lipinski definition) is 3. The molecular weight excluding hydrogens is 393 g/mol.